The van der Waals surface area contributed by atoms with Crippen LogP contribution in [-0.2, 0) is 6.42 Å². The summed E-state index contributed by atoms with van der Waals surface area (Å²) in [6.07, 6.45) is 1.04. The molecule has 0 radical (unpaired) electrons. The van der Waals surface area contributed by atoms with Crippen molar-refractivity contribution in [3.8, 4) is 0 Å². The van der Waals surface area contributed by atoms with E-state index in [-0.39, 0.29) is 0 Å². The lowest BCUT2D eigenvalue weighted by atomic mass is 9.77. The minimum absolute atomic E-state index is 0.481. The largest absolute Gasteiger partial charge is 0.397 e. The lowest BCUT2D eigenvalue weighted by molar-refractivity contribution is 0.493. The van der Waals surface area contributed by atoms with Crippen molar-refractivity contribution in [3.05, 3.63) is 70.8 Å². The Kier molecular flexibility index (Phi) is 3.93. The zero-order valence-corrected chi connectivity index (χ0v) is 13.6. The van der Waals surface area contributed by atoms with E-state index < -0.39 is 0 Å². The summed E-state index contributed by atoms with van der Waals surface area (Å²) in [6.45, 7) is 4.59. The van der Waals surface area contributed by atoms with E-state index in [0.29, 0.717) is 11.8 Å². The van der Waals surface area contributed by atoms with Gasteiger partial charge in [0.15, 0.2) is 0 Å². The molecule has 0 aromatic heterocycles. The van der Waals surface area contributed by atoms with E-state index >= 15 is 0 Å². The predicted molar refractivity (Wildman–Crippen MR) is 94.2 cm³/mol. The van der Waals surface area contributed by atoms with Gasteiger partial charge in [-0.15, -0.1) is 0 Å². The summed E-state index contributed by atoms with van der Waals surface area (Å²) in [5, 5.41) is 3.32. The van der Waals surface area contributed by atoms with E-state index in [2.05, 4.69) is 67.7 Å². The number of nitrogens with one attached hydrogen (secondary N) is 1. The van der Waals surface area contributed by atoms with Crippen LogP contribution in [0.2, 0.25) is 0 Å². The maximum Gasteiger partial charge on any atom is 0.0654 e. The predicted octanol–water partition coefficient (Wildman–Crippen LogP) is 3.99. The molecule has 0 fully saturated rings. The molecule has 0 amide bonds. The molecule has 1 unspecified atom stereocenters. The van der Waals surface area contributed by atoms with E-state index in [0.717, 1.165) is 17.8 Å². The van der Waals surface area contributed by atoms with E-state index in [9.17, 15) is 0 Å². The first-order valence-corrected chi connectivity index (χ1v) is 7.98. The van der Waals surface area contributed by atoms with Crippen LogP contribution in [0.25, 0.3) is 11.4 Å². The van der Waals surface area contributed by atoms with Crippen molar-refractivity contribution in [2.45, 2.75) is 26.2 Å². The minimum atomic E-state index is 0.481. The molecule has 22 heavy (non-hydrogen) atoms. The molecule has 1 aliphatic carbocycles. The van der Waals surface area contributed by atoms with Gasteiger partial charge in [-0.05, 0) is 29.4 Å². The van der Waals surface area contributed by atoms with Crippen LogP contribution in [0.1, 0.15) is 42.0 Å². The third-order valence-corrected chi connectivity index (χ3v) is 4.70. The average molecular weight is 292 g/mol. The zero-order valence-electron chi connectivity index (χ0n) is 13.6. The van der Waals surface area contributed by atoms with E-state index in [4.69, 9.17) is 5.73 Å². The monoisotopic (exact) mass is 292 g/mol. The fourth-order valence-corrected chi connectivity index (χ4v) is 3.50. The summed E-state index contributed by atoms with van der Waals surface area (Å²) in [7, 11) is 1.95. The van der Waals surface area contributed by atoms with Gasteiger partial charge >= 0.3 is 0 Å². The number of nitrogens with two attached hydrogens (primary N) is 1. The standard InChI is InChI=1S/C20H24N2/c1-13(2)18-12-14-8-4-5-9-15(14)20(22-3)19(21)17-11-7-6-10-16(17)18/h4-11,13,18,22H,12,21H2,1-3H3/b20-19-. The van der Waals surface area contributed by atoms with Gasteiger partial charge in [0.25, 0.3) is 0 Å². The molecular weight excluding hydrogens is 268 g/mol. The first-order valence-electron chi connectivity index (χ1n) is 7.98. The van der Waals surface area contributed by atoms with E-state index in [1.165, 1.54) is 22.3 Å². The first kappa shape index (κ1) is 14.7. The topological polar surface area (TPSA) is 38.0 Å². The quantitative estimate of drug-likeness (QED) is 0.878. The third kappa shape index (κ3) is 2.39. The maximum absolute atomic E-state index is 6.56. The number of benzene rings is 2. The molecule has 3 rings (SSSR count). The first-order chi connectivity index (χ1) is 10.6. The summed E-state index contributed by atoms with van der Waals surface area (Å²) >= 11 is 0. The highest BCUT2D eigenvalue weighted by atomic mass is 14.9. The third-order valence-electron chi connectivity index (χ3n) is 4.70. The van der Waals surface area contributed by atoms with Crippen molar-refractivity contribution < 1.29 is 0 Å². The van der Waals surface area contributed by atoms with Gasteiger partial charge < -0.3 is 11.1 Å². The second-order valence-electron chi connectivity index (χ2n) is 6.34. The summed E-state index contributed by atoms with van der Waals surface area (Å²) in [5.74, 6) is 1.05. The molecule has 0 aliphatic heterocycles. The second-order valence-corrected chi connectivity index (χ2v) is 6.34. The Bertz CT molecular complexity index is 713. The van der Waals surface area contributed by atoms with Gasteiger partial charge in [-0.2, -0.15) is 0 Å². The second kappa shape index (κ2) is 5.88. The Morgan fingerprint density at radius 1 is 1.00 bits per heavy atom. The number of rotatable bonds is 2. The molecule has 0 bridgehead atoms. The summed E-state index contributed by atoms with van der Waals surface area (Å²) in [5.41, 5.74) is 13.6. The van der Waals surface area contributed by atoms with Crippen LogP contribution in [0.4, 0.5) is 0 Å². The summed E-state index contributed by atoms with van der Waals surface area (Å²) < 4.78 is 0. The Balaban J connectivity index is 2.32. The van der Waals surface area contributed by atoms with Crippen LogP contribution in [0.5, 0.6) is 0 Å². The molecule has 2 nitrogen and oxygen atoms in total. The number of hydrogen-bond donors (Lipinski definition) is 2. The molecular formula is C20H24N2. The molecule has 2 heteroatoms. The smallest absolute Gasteiger partial charge is 0.0654 e. The van der Waals surface area contributed by atoms with E-state index in [1.807, 2.05) is 7.05 Å². The van der Waals surface area contributed by atoms with Crippen LogP contribution in [0.3, 0.4) is 0 Å². The maximum atomic E-state index is 6.56. The van der Waals surface area contributed by atoms with Gasteiger partial charge in [0.2, 0.25) is 0 Å². The van der Waals surface area contributed by atoms with Crippen molar-refractivity contribution in [3.63, 3.8) is 0 Å². The van der Waals surface area contributed by atoms with Crippen LogP contribution in [0, 0.1) is 5.92 Å². The molecule has 0 heterocycles. The molecule has 1 aliphatic rings. The average Bonchev–Trinajstić information content (AvgIpc) is 2.53. The van der Waals surface area contributed by atoms with Crippen LogP contribution >= 0.6 is 0 Å². The van der Waals surface area contributed by atoms with Crippen LogP contribution in [0.15, 0.2) is 48.5 Å². The Labute approximate surface area is 133 Å². The van der Waals surface area contributed by atoms with Gasteiger partial charge in [-0.25, -0.2) is 0 Å². The zero-order chi connectivity index (χ0) is 15.7. The highest BCUT2D eigenvalue weighted by Crippen LogP contribution is 2.38. The number of hydrogen-bond acceptors (Lipinski definition) is 2. The molecule has 0 saturated heterocycles. The Morgan fingerprint density at radius 2 is 1.64 bits per heavy atom. The lowest BCUT2D eigenvalue weighted by Crippen LogP contribution is -2.21. The normalized spacial score (nSPS) is 20.8. The molecule has 1 atom stereocenters. The van der Waals surface area contributed by atoms with Gasteiger partial charge in [0.05, 0.1) is 11.4 Å². The molecule has 0 saturated carbocycles. The fraction of sp³-hybridized carbons (Fsp3) is 0.300. The minimum Gasteiger partial charge on any atom is -0.397 e. The van der Waals surface area contributed by atoms with E-state index in [1.54, 1.807) is 0 Å². The lowest BCUT2D eigenvalue weighted by Gasteiger charge is -2.29. The number of fused-ring (bicyclic) bond motifs is 2. The molecule has 0 spiro atoms. The van der Waals surface area contributed by atoms with Gasteiger partial charge in [-0.1, -0.05) is 62.4 Å². The molecule has 2 aromatic carbocycles. The van der Waals surface area contributed by atoms with Gasteiger partial charge in [-0.3, -0.25) is 0 Å². The van der Waals surface area contributed by atoms with Crippen LogP contribution in [-0.4, -0.2) is 7.05 Å². The van der Waals surface area contributed by atoms with Crippen molar-refractivity contribution in [2.75, 3.05) is 7.05 Å². The highest BCUT2D eigenvalue weighted by molar-refractivity contribution is 5.90. The molecule has 2 aromatic rings. The summed E-state index contributed by atoms with van der Waals surface area (Å²) in [4.78, 5) is 0. The van der Waals surface area contributed by atoms with Gasteiger partial charge in [0, 0.05) is 18.2 Å². The molecule has 114 valence electrons. The summed E-state index contributed by atoms with van der Waals surface area (Å²) in [6, 6.07) is 17.2. The van der Waals surface area contributed by atoms with Crippen molar-refractivity contribution in [2.24, 2.45) is 11.7 Å². The van der Waals surface area contributed by atoms with Crippen molar-refractivity contribution in [1.29, 1.82) is 0 Å². The van der Waals surface area contributed by atoms with Crippen molar-refractivity contribution in [1.82, 2.24) is 5.32 Å². The Hall–Kier alpha value is -2.22. The van der Waals surface area contributed by atoms with Crippen LogP contribution < -0.4 is 11.1 Å². The van der Waals surface area contributed by atoms with Gasteiger partial charge in [0.1, 0.15) is 0 Å². The molecule has 3 N–H and O–H groups in total. The Morgan fingerprint density at radius 3 is 2.32 bits per heavy atom. The highest BCUT2D eigenvalue weighted by Gasteiger charge is 2.25. The fourth-order valence-electron chi connectivity index (χ4n) is 3.50. The van der Waals surface area contributed by atoms with Crippen molar-refractivity contribution >= 4 is 11.4 Å². The SMILES string of the molecule is CN/C1=C(\N)c2ccccc2C(C(C)C)Cc2ccccc21.